The van der Waals surface area contributed by atoms with Crippen LogP contribution in [0.25, 0.3) is 0 Å². The van der Waals surface area contributed by atoms with Gasteiger partial charge in [0.05, 0.1) is 18.2 Å². The Morgan fingerprint density at radius 1 is 1.03 bits per heavy atom. The van der Waals surface area contributed by atoms with Gasteiger partial charge in [-0.15, -0.1) is 0 Å². The molecule has 0 spiro atoms. The summed E-state index contributed by atoms with van der Waals surface area (Å²) < 4.78 is 15.9. The van der Waals surface area contributed by atoms with Crippen molar-refractivity contribution in [3.63, 3.8) is 0 Å². The van der Waals surface area contributed by atoms with Crippen molar-refractivity contribution in [2.45, 2.75) is 6.42 Å². The fourth-order valence-corrected chi connectivity index (χ4v) is 2.98. The molecular weight excluding hydrogens is 420 g/mol. The molecule has 1 amide bonds. The number of amides is 1. The van der Waals surface area contributed by atoms with Crippen molar-refractivity contribution < 1.29 is 23.8 Å². The van der Waals surface area contributed by atoms with Crippen LogP contribution in [-0.2, 0) is 11.2 Å². The van der Waals surface area contributed by atoms with E-state index in [1.165, 1.54) is 6.21 Å². The van der Waals surface area contributed by atoms with E-state index in [4.69, 9.17) is 25.8 Å². The molecule has 31 heavy (non-hydrogen) atoms. The fourth-order valence-electron chi connectivity index (χ4n) is 2.85. The van der Waals surface area contributed by atoms with Gasteiger partial charge in [0, 0.05) is 5.02 Å². The highest BCUT2D eigenvalue weighted by atomic mass is 35.5. The summed E-state index contributed by atoms with van der Waals surface area (Å²) in [6.45, 7) is 0.130. The first-order valence-corrected chi connectivity index (χ1v) is 9.73. The minimum Gasteiger partial charge on any atom is -0.454 e. The SMILES string of the molecule is O=C(Cc1ccc(Cl)cc1)N/N=C\c1cccc(OC(=O)c2ccc3c(c2)OCO3)c1. The van der Waals surface area contributed by atoms with Crippen LogP contribution in [-0.4, -0.2) is 24.9 Å². The number of rotatable bonds is 6. The maximum atomic E-state index is 12.4. The highest BCUT2D eigenvalue weighted by Crippen LogP contribution is 2.32. The molecule has 0 fully saturated rings. The van der Waals surface area contributed by atoms with Gasteiger partial charge in [-0.1, -0.05) is 35.9 Å². The lowest BCUT2D eigenvalue weighted by Gasteiger charge is -2.06. The van der Waals surface area contributed by atoms with E-state index in [2.05, 4.69) is 10.5 Å². The van der Waals surface area contributed by atoms with Crippen LogP contribution >= 0.6 is 11.6 Å². The summed E-state index contributed by atoms with van der Waals surface area (Å²) in [7, 11) is 0. The van der Waals surface area contributed by atoms with E-state index in [-0.39, 0.29) is 19.1 Å². The first-order chi connectivity index (χ1) is 15.1. The third-order valence-corrected chi connectivity index (χ3v) is 4.61. The number of fused-ring (bicyclic) bond motifs is 1. The Hall–Kier alpha value is -3.84. The molecule has 0 aliphatic carbocycles. The number of hydrazone groups is 1. The van der Waals surface area contributed by atoms with Gasteiger partial charge in [0.1, 0.15) is 5.75 Å². The first-order valence-electron chi connectivity index (χ1n) is 9.35. The number of halogens is 1. The number of esters is 1. The van der Waals surface area contributed by atoms with Crippen LogP contribution in [0.15, 0.2) is 71.8 Å². The monoisotopic (exact) mass is 436 g/mol. The van der Waals surface area contributed by atoms with Gasteiger partial charge in [0.25, 0.3) is 0 Å². The molecule has 4 rings (SSSR count). The minimum atomic E-state index is -0.524. The predicted octanol–water partition coefficient (Wildman–Crippen LogP) is 3.98. The molecule has 8 heteroatoms. The van der Waals surface area contributed by atoms with Gasteiger partial charge in [-0.3, -0.25) is 4.79 Å². The third-order valence-electron chi connectivity index (χ3n) is 4.36. The lowest BCUT2D eigenvalue weighted by atomic mass is 10.1. The van der Waals surface area contributed by atoms with Crippen molar-refractivity contribution in [3.05, 3.63) is 88.4 Å². The number of nitrogens with zero attached hydrogens (tertiary/aromatic N) is 1. The highest BCUT2D eigenvalue weighted by Gasteiger charge is 2.17. The summed E-state index contributed by atoms with van der Waals surface area (Å²) >= 11 is 5.83. The normalized spacial score (nSPS) is 12.0. The molecule has 1 heterocycles. The van der Waals surface area contributed by atoms with E-state index in [0.29, 0.717) is 33.4 Å². The van der Waals surface area contributed by atoms with Crippen molar-refractivity contribution in [1.82, 2.24) is 5.43 Å². The van der Waals surface area contributed by atoms with Gasteiger partial charge < -0.3 is 14.2 Å². The van der Waals surface area contributed by atoms with Gasteiger partial charge in [-0.25, -0.2) is 10.2 Å². The number of hydrogen-bond donors (Lipinski definition) is 1. The smallest absolute Gasteiger partial charge is 0.343 e. The fraction of sp³-hybridized carbons (Fsp3) is 0.0870. The molecular formula is C23H17ClN2O5. The summed E-state index contributed by atoms with van der Waals surface area (Å²) in [5.41, 5.74) is 4.30. The van der Waals surface area contributed by atoms with E-state index in [1.807, 2.05) is 0 Å². The molecule has 1 aliphatic heterocycles. The van der Waals surface area contributed by atoms with E-state index in [0.717, 1.165) is 5.56 Å². The molecule has 0 saturated heterocycles. The zero-order chi connectivity index (χ0) is 21.6. The highest BCUT2D eigenvalue weighted by molar-refractivity contribution is 6.30. The molecule has 1 aliphatic rings. The Morgan fingerprint density at radius 3 is 2.68 bits per heavy atom. The average Bonchev–Trinajstić information content (AvgIpc) is 3.23. The number of carbonyl (C=O) groups excluding carboxylic acids is 2. The van der Waals surface area contributed by atoms with E-state index < -0.39 is 5.97 Å². The van der Waals surface area contributed by atoms with Crippen LogP contribution in [0, 0.1) is 0 Å². The Bertz CT molecular complexity index is 1140. The number of hydrogen-bond acceptors (Lipinski definition) is 6. The number of ether oxygens (including phenoxy) is 3. The molecule has 0 radical (unpaired) electrons. The molecule has 0 aromatic heterocycles. The van der Waals surface area contributed by atoms with E-state index >= 15 is 0 Å². The first kappa shape index (κ1) is 20.4. The zero-order valence-corrected chi connectivity index (χ0v) is 17.0. The van der Waals surface area contributed by atoms with Crippen molar-refractivity contribution in [1.29, 1.82) is 0 Å². The standard InChI is InChI=1S/C23H17ClN2O5/c24-18-7-4-15(5-8-18)11-22(27)26-25-13-16-2-1-3-19(10-16)31-23(28)17-6-9-20-21(12-17)30-14-29-20/h1-10,12-13H,11,14H2,(H,26,27)/b25-13-. The molecule has 0 unspecified atom stereocenters. The molecule has 7 nitrogen and oxygen atoms in total. The lowest BCUT2D eigenvalue weighted by molar-refractivity contribution is -0.120. The topological polar surface area (TPSA) is 86.2 Å². The Morgan fingerprint density at radius 2 is 1.84 bits per heavy atom. The molecule has 3 aromatic carbocycles. The number of nitrogens with one attached hydrogen (secondary N) is 1. The summed E-state index contributed by atoms with van der Waals surface area (Å²) in [6, 6.07) is 18.6. The summed E-state index contributed by atoms with van der Waals surface area (Å²) in [5, 5.41) is 4.56. The summed E-state index contributed by atoms with van der Waals surface area (Å²) in [6.07, 6.45) is 1.65. The maximum absolute atomic E-state index is 12.4. The second kappa shape index (κ2) is 9.32. The zero-order valence-electron chi connectivity index (χ0n) is 16.2. The van der Waals surface area contributed by atoms with E-state index in [1.54, 1.807) is 66.7 Å². The van der Waals surface area contributed by atoms with E-state index in [9.17, 15) is 9.59 Å². The number of benzene rings is 3. The molecule has 3 aromatic rings. The third kappa shape index (κ3) is 5.40. The van der Waals surface area contributed by atoms with Crippen molar-refractivity contribution in [2.24, 2.45) is 5.10 Å². The Labute approximate surface area is 183 Å². The second-order valence-corrected chi connectivity index (χ2v) is 7.06. The van der Waals surface area contributed by atoms with Crippen LogP contribution < -0.4 is 19.6 Å². The van der Waals surface area contributed by atoms with Crippen molar-refractivity contribution in [2.75, 3.05) is 6.79 Å². The minimum absolute atomic E-state index is 0.130. The summed E-state index contributed by atoms with van der Waals surface area (Å²) in [4.78, 5) is 24.4. The van der Waals surface area contributed by atoms with Gasteiger partial charge in [0.2, 0.25) is 12.7 Å². The van der Waals surface area contributed by atoms with Crippen LogP contribution in [0.5, 0.6) is 17.2 Å². The average molecular weight is 437 g/mol. The van der Waals surface area contributed by atoms with Crippen LogP contribution in [0.3, 0.4) is 0 Å². The molecule has 0 saturated carbocycles. The lowest BCUT2D eigenvalue weighted by Crippen LogP contribution is -2.19. The van der Waals surface area contributed by atoms with Gasteiger partial charge >= 0.3 is 5.97 Å². The van der Waals surface area contributed by atoms with Crippen LogP contribution in [0.4, 0.5) is 0 Å². The maximum Gasteiger partial charge on any atom is 0.343 e. The number of carbonyl (C=O) groups is 2. The molecule has 0 bridgehead atoms. The second-order valence-electron chi connectivity index (χ2n) is 6.63. The molecule has 156 valence electrons. The van der Waals surface area contributed by atoms with Gasteiger partial charge in [0.15, 0.2) is 11.5 Å². The summed E-state index contributed by atoms with van der Waals surface area (Å²) in [5.74, 6) is 0.657. The van der Waals surface area contributed by atoms with Crippen molar-refractivity contribution >= 4 is 29.7 Å². The quantitative estimate of drug-likeness (QED) is 0.273. The van der Waals surface area contributed by atoms with Crippen LogP contribution in [0.1, 0.15) is 21.5 Å². The predicted molar refractivity (Wildman–Crippen MR) is 115 cm³/mol. The van der Waals surface area contributed by atoms with Gasteiger partial charge in [-0.05, 0) is 53.6 Å². The van der Waals surface area contributed by atoms with Crippen LogP contribution in [0.2, 0.25) is 5.02 Å². The molecule has 1 N–H and O–H groups in total. The van der Waals surface area contributed by atoms with Gasteiger partial charge in [-0.2, -0.15) is 5.10 Å². The Balaban J connectivity index is 1.34. The Kier molecular flexibility index (Phi) is 6.14. The largest absolute Gasteiger partial charge is 0.454 e. The van der Waals surface area contributed by atoms with Crippen molar-refractivity contribution in [3.8, 4) is 17.2 Å². The molecule has 0 atom stereocenters.